The van der Waals surface area contributed by atoms with Crippen LogP contribution in [-0.4, -0.2) is 46.7 Å². The van der Waals surface area contributed by atoms with Gasteiger partial charge in [-0.3, -0.25) is 14.9 Å². The Hall–Kier alpha value is -2.36. The second-order valence-electron chi connectivity index (χ2n) is 4.85. The molecule has 0 bridgehead atoms. The molecular weight excluding hydrogens is 298 g/mol. The van der Waals surface area contributed by atoms with E-state index in [0.717, 1.165) is 0 Å². The van der Waals surface area contributed by atoms with Crippen LogP contribution in [0, 0.1) is 10.1 Å². The van der Waals surface area contributed by atoms with Crippen LogP contribution in [0.25, 0.3) is 0 Å². The summed E-state index contributed by atoms with van der Waals surface area (Å²) in [5.41, 5.74) is 0.465. The van der Waals surface area contributed by atoms with Crippen molar-refractivity contribution in [2.75, 3.05) is 6.61 Å². The number of nitro benzene ring substituents is 1. The number of Topliss-reactive ketones (excluding diaryl/α,β-unsaturated/α-hetero) is 1. The summed E-state index contributed by atoms with van der Waals surface area (Å²) in [6.45, 7) is -0.00192. The van der Waals surface area contributed by atoms with Crippen LogP contribution in [0.4, 0.5) is 5.69 Å². The highest BCUT2D eigenvalue weighted by Gasteiger charge is 2.49. The number of hydrogen-bond acceptors (Lipinski definition) is 8. The smallest absolute Gasteiger partial charge is 0.343 e. The number of nitrogens with zero attached hydrogens (tertiary/aromatic N) is 1. The number of hydrogen-bond donors (Lipinski definition) is 1. The predicted molar refractivity (Wildman–Crippen MR) is 67.6 cm³/mol. The molecule has 0 spiro atoms. The summed E-state index contributed by atoms with van der Waals surface area (Å²) in [6, 6.07) is 5.56. The Balaban J connectivity index is 1.69. The number of ether oxygens (including phenoxy) is 3. The lowest BCUT2D eigenvalue weighted by Crippen LogP contribution is -2.36. The number of aliphatic hydroxyl groups excluding tert-OH is 1. The predicted octanol–water partition coefficient (Wildman–Crippen LogP) is -0.136. The Labute approximate surface area is 123 Å². The molecule has 1 aromatic rings. The molecule has 2 saturated heterocycles. The largest absolute Gasteiger partial charge is 0.449 e. The van der Waals surface area contributed by atoms with Gasteiger partial charge in [-0.15, -0.1) is 0 Å². The number of aliphatic hydroxyl groups is 1. The van der Waals surface area contributed by atoms with Gasteiger partial charge in [-0.1, -0.05) is 0 Å². The number of ketones is 1. The molecule has 0 amide bonds. The standard InChI is InChI=1S/C13H11NO8/c15-9-10(16)12(17)22-11(9)8-5-20-13(21-8)6-1-3-7(4-2-6)14(18)19/h1-4,8,10-11,13,16H,5H2/t8-,10?,11+,13?/m0/s1. The lowest BCUT2D eigenvalue weighted by atomic mass is 10.1. The number of carbonyl (C=O) groups is 2. The monoisotopic (exact) mass is 309 g/mol. The Bertz CT molecular complexity index is 627. The van der Waals surface area contributed by atoms with Gasteiger partial charge < -0.3 is 19.3 Å². The number of rotatable bonds is 3. The quantitative estimate of drug-likeness (QED) is 0.354. The molecule has 3 rings (SSSR count). The van der Waals surface area contributed by atoms with Crippen LogP contribution in [0.2, 0.25) is 0 Å². The van der Waals surface area contributed by atoms with Crippen molar-refractivity contribution >= 4 is 17.4 Å². The van der Waals surface area contributed by atoms with Gasteiger partial charge in [0, 0.05) is 17.7 Å². The number of non-ortho nitro benzene ring substituents is 1. The van der Waals surface area contributed by atoms with Crippen molar-refractivity contribution in [3.63, 3.8) is 0 Å². The molecule has 2 heterocycles. The fraction of sp³-hybridized carbons (Fsp3) is 0.385. The Morgan fingerprint density at radius 3 is 2.45 bits per heavy atom. The van der Waals surface area contributed by atoms with Gasteiger partial charge in [0.2, 0.25) is 11.9 Å². The maximum Gasteiger partial charge on any atom is 0.343 e. The molecule has 0 aromatic heterocycles. The van der Waals surface area contributed by atoms with Crippen molar-refractivity contribution in [2.45, 2.75) is 24.6 Å². The second kappa shape index (κ2) is 5.44. The fourth-order valence-electron chi connectivity index (χ4n) is 2.28. The van der Waals surface area contributed by atoms with E-state index >= 15 is 0 Å². The van der Waals surface area contributed by atoms with Crippen molar-refractivity contribution in [3.05, 3.63) is 39.9 Å². The lowest BCUT2D eigenvalue weighted by molar-refractivity contribution is -0.384. The normalized spacial score (nSPS) is 31.3. The van der Waals surface area contributed by atoms with E-state index in [1.165, 1.54) is 24.3 Å². The van der Waals surface area contributed by atoms with E-state index in [9.17, 15) is 24.8 Å². The number of cyclic esters (lactones) is 1. The minimum absolute atomic E-state index is 0.00192. The van der Waals surface area contributed by atoms with E-state index < -0.39 is 41.3 Å². The maximum atomic E-state index is 11.7. The zero-order valence-electron chi connectivity index (χ0n) is 11.1. The van der Waals surface area contributed by atoms with Crippen LogP contribution >= 0.6 is 0 Å². The first kappa shape index (κ1) is 14.6. The Kier molecular flexibility index (Phi) is 3.61. The van der Waals surface area contributed by atoms with Gasteiger partial charge in [-0.2, -0.15) is 0 Å². The van der Waals surface area contributed by atoms with Crippen molar-refractivity contribution < 1.29 is 33.8 Å². The molecule has 2 fully saturated rings. The molecule has 0 radical (unpaired) electrons. The highest BCUT2D eigenvalue weighted by atomic mass is 16.7. The van der Waals surface area contributed by atoms with Crippen LogP contribution in [0.15, 0.2) is 24.3 Å². The number of benzene rings is 1. The maximum absolute atomic E-state index is 11.7. The van der Waals surface area contributed by atoms with E-state index in [1.54, 1.807) is 0 Å². The van der Waals surface area contributed by atoms with Crippen molar-refractivity contribution in [1.82, 2.24) is 0 Å². The summed E-state index contributed by atoms with van der Waals surface area (Å²) in [6.07, 6.45) is -4.64. The second-order valence-corrected chi connectivity index (χ2v) is 4.85. The minimum atomic E-state index is -1.79. The molecule has 9 heteroatoms. The van der Waals surface area contributed by atoms with Crippen LogP contribution < -0.4 is 0 Å². The zero-order valence-corrected chi connectivity index (χ0v) is 11.1. The van der Waals surface area contributed by atoms with Gasteiger partial charge in [0.25, 0.3) is 5.69 Å². The van der Waals surface area contributed by atoms with Crippen molar-refractivity contribution in [1.29, 1.82) is 0 Å². The summed E-state index contributed by atoms with van der Waals surface area (Å²) in [5, 5.41) is 19.9. The molecule has 4 atom stereocenters. The Morgan fingerprint density at radius 2 is 1.91 bits per heavy atom. The summed E-state index contributed by atoms with van der Waals surface area (Å²) in [7, 11) is 0. The molecule has 2 aliphatic heterocycles. The van der Waals surface area contributed by atoms with Gasteiger partial charge in [0.1, 0.15) is 6.10 Å². The van der Waals surface area contributed by atoms with E-state index in [-0.39, 0.29) is 12.3 Å². The lowest BCUT2D eigenvalue weighted by Gasteiger charge is -2.15. The van der Waals surface area contributed by atoms with Crippen molar-refractivity contribution in [2.24, 2.45) is 0 Å². The first-order valence-corrected chi connectivity index (χ1v) is 6.41. The number of nitro groups is 1. The van der Waals surface area contributed by atoms with Crippen LogP contribution in [0.3, 0.4) is 0 Å². The molecule has 2 aliphatic rings. The van der Waals surface area contributed by atoms with Gasteiger partial charge in [-0.05, 0) is 12.1 Å². The third-order valence-corrected chi connectivity index (χ3v) is 3.44. The molecule has 116 valence electrons. The topological polar surface area (TPSA) is 125 Å². The van der Waals surface area contributed by atoms with E-state index in [4.69, 9.17) is 14.2 Å². The highest BCUT2D eigenvalue weighted by Crippen LogP contribution is 2.31. The summed E-state index contributed by atoms with van der Waals surface area (Å²) in [5.74, 6) is -1.76. The first-order chi connectivity index (χ1) is 10.5. The molecule has 1 aromatic carbocycles. The van der Waals surface area contributed by atoms with Gasteiger partial charge >= 0.3 is 5.97 Å². The summed E-state index contributed by atoms with van der Waals surface area (Å²) >= 11 is 0. The molecule has 2 unspecified atom stereocenters. The van der Waals surface area contributed by atoms with E-state index in [2.05, 4.69) is 0 Å². The summed E-state index contributed by atoms with van der Waals surface area (Å²) in [4.78, 5) is 32.9. The fourth-order valence-corrected chi connectivity index (χ4v) is 2.28. The van der Waals surface area contributed by atoms with Gasteiger partial charge in [0.15, 0.2) is 12.4 Å². The Morgan fingerprint density at radius 1 is 1.23 bits per heavy atom. The van der Waals surface area contributed by atoms with Gasteiger partial charge in [-0.25, -0.2) is 4.79 Å². The third-order valence-electron chi connectivity index (χ3n) is 3.44. The van der Waals surface area contributed by atoms with Crippen LogP contribution in [0.5, 0.6) is 0 Å². The molecular formula is C13H11NO8. The molecule has 22 heavy (non-hydrogen) atoms. The third kappa shape index (κ3) is 2.45. The zero-order chi connectivity index (χ0) is 15.9. The molecule has 0 aliphatic carbocycles. The molecule has 1 N–H and O–H groups in total. The van der Waals surface area contributed by atoms with Crippen molar-refractivity contribution in [3.8, 4) is 0 Å². The number of carbonyl (C=O) groups excluding carboxylic acids is 2. The van der Waals surface area contributed by atoms with Crippen LogP contribution in [0.1, 0.15) is 11.9 Å². The van der Waals surface area contributed by atoms with E-state index in [1.807, 2.05) is 0 Å². The minimum Gasteiger partial charge on any atom is -0.449 e. The number of esters is 1. The molecule has 9 nitrogen and oxygen atoms in total. The molecule has 0 saturated carbocycles. The average Bonchev–Trinajstić information content (AvgIpc) is 3.08. The highest BCUT2D eigenvalue weighted by molar-refractivity contribution is 6.09. The van der Waals surface area contributed by atoms with Gasteiger partial charge in [0.05, 0.1) is 11.5 Å². The summed E-state index contributed by atoms with van der Waals surface area (Å²) < 4.78 is 15.6. The van der Waals surface area contributed by atoms with Crippen LogP contribution in [-0.2, 0) is 23.8 Å². The average molecular weight is 309 g/mol. The SMILES string of the molecule is O=C1O[C@H]([C@@H]2COC(c3ccc([N+](=O)[O-])cc3)O2)C(=O)C1O. The van der Waals surface area contributed by atoms with E-state index in [0.29, 0.717) is 5.56 Å². The first-order valence-electron chi connectivity index (χ1n) is 6.41.